The van der Waals surface area contributed by atoms with Gasteiger partial charge in [0.25, 0.3) is 5.71 Å². The van der Waals surface area contributed by atoms with E-state index in [4.69, 9.17) is 9.52 Å². The van der Waals surface area contributed by atoms with Gasteiger partial charge < -0.3 is 14.8 Å². The van der Waals surface area contributed by atoms with Gasteiger partial charge >= 0.3 is 5.97 Å². The molecule has 1 atom stereocenters. The lowest BCUT2D eigenvalue weighted by Crippen LogP contribution is -2.26. The molecule has 84 valence electrons. The minimum absolute atomic E-state index is 0.340. The summed E-state index contributed by atoms with van der Waals surface area (Å²) in [6, 6.07) is -0.755. The maximum atomic E-state index is 10.7. The lowest BCUT2D eigenvalue weighted by molar-refractivity contribution is -0.137. The number of nitrogens with zero attached hydrogens (tertiary/aromatic N) is 3. The summed E-state index contributed by atoms with van der Waals surface area (Å²) < 4.78 is 5.20. The first-order chi connectivity index (χ1) is 7.58. The summed E-state index contributed by atoms with van der Waals surface area (Å²) in [6.07, 6.45) is 1.30. The molecule has 0 aromatic carbocycles. The molecule has 0 amide bonds. The molecule has 0 bridgehead atoms. The number of aliphatic carboxylic acids is 1. The Morgan fingerprint density at radius 2 is 2.31 bits per heavy atom. The second kappa shape index (κ2) is 3.76. The number of carboxylic acids is 1. The van der Waals surface area contributed by atoms with E-state index in [9.17, 15) is 4.79 Å². The minimum atomic E-state index is -0.966. The molecule has 0 aliphatic heterocycles. The fraction of sp³-hybridized carbons (Fsp3) is 0.333. The highest BCUT2D eigenvalue weighted by molar-refractivity contribution is 5.84. The van der Waals surface area contributed by atoms with E-state index in [1.807, 2.05) is 0 Å². The predicted molar refractivity (Wildman–Crippen MR) is 55.1 cm³/mol. The summed E-state index contributed by atoms with van der Waals surface area (Å²) in [7, 11) is 0. The number of oxazole rings is 1. The summed E-state index contributed by atoms with van der Waals surface area (Å²) in [5.41, 5.74) is 0.778. The number of carbonyl (C=O) groups is 1. The zero-order chi connectivity index (χ0) is 11.7. The Hall–Kier alpha value is -2.18. The van der Waals surface area contributed by atoms with Crippen LogP contribution in [0.4, 0.5) is 5.82 Å². The van der Waals surface area contributed by atoms with Gasteiger partial charge in [0.1, 0.15) is 12.4 Å². The predicted octanol–water partition coefficient (Wildman–Crippen LogP) is 0.811. The van der Waals surface area contributed by atoms with E-state index in [0.717, 1.165) is 0 Å². The van der Waals surface area contributed by atoms with Crippen LogP contribution in [0, 0.1) is 6.92 Å². The quantitative estimate of drug-likeness (QED) is 0.792. The first-order valence-corrected chi connectivity index (χ1v) is 4.65. The van der Waals surface area contributed by atoms with Crippen LogP contribution in [0.25, 0.3) is 11.2 Å². The van der Waals surface area contributed by atoms with Crippen LogP contribution in [0.2, 0.25) is 0 Å². The van der Waals surface area contributed by atoms with Crippen molar-refractivity contribution in [2.24, 2.45) is 0 Å². The molecular weight excluding hydrogens is 212 g/mol. The van der Waals surface area contributed by atoms with Crippen molar-refractivity contribution in [1.29, 1.82) is 0 Å². The molecule has 2 N–H and O–H groups in total. The van der Waals surface area contributed by atoms with Crippen molar-refractivity contribution in [2.75, 3.05) is 5.32 Å². The van der Waals surface area contributed by atoms with Crippen molar-refractivity contribution in [3.8, 4) is 0 Å². The molecule has 2 heterocycles. The normalized spacial score (nSPS) is 12.6. The Balaban J connectivity index is 2.40. The molecule has 0 spiro atoms. The van der Waals surface area contributed by atoms with Gasteiger partial charge in [-0.25, -0.2) is 9.97 Å². The van der Waals surface area contributed by atoms with Crippen molar-refractivity contribution in [3.63, 3.8) is 0 Å². The van der Waals surface area contributed by atoms with Crippen LogP contribution < -0.4 is 5.32 Å². The molecule has 2 aromatic heterocycles. The third kappa shape index (κ3) is 1.79. The number of hydrogen-bond donors (Lipinski definition) is 2. The van der Waals surface area contributed by atoms with Gasteiger partial charge in [0, 0.05) is 6.92 Å². The van der Waals surface area contributed by atoms with E-state index >= 15 is 0 Å². The summed E-state index contributed by atoms with van der Waals surface area (Å²) >= 11 is 0. The largest absolute Gasteiger partial charge is 0.480 e. The molecule has 1 unspecified atom stereocenters. The maximum Gasteiger partial charge on any atom is 0.325 e. The molecule has 0 fully saturated rings. The summed E-state index contributed by atoms with van der Waals surface area (Å²) in [5.74, 6) is -0.148. The third-order valence-corrected chi connectivity index (χ3v) is 2.03. The van der Waals surface area contributed by atoms with E-state index < -0.39 is 12.0 Å². The maximum absolute atomic E-state index is 10.7. The smallest absolute Gasteiger partial charge is 0.325 e. The van der Waals surface area contributed by atoms with Gasteiger partial charge in [-0.1, -0.05) is 0 Å². The van der Waals surface area contributed by atoms with Crippen molar-refractivity contribution in [1.82, 2.24) is 15.0 Å². The number of nitrogens with one attached hydrogen (secondary N) is 1. The number of anilines is 1. The molecule has 0 aliphatic carbocycles. The number of carboxylic acid groups (broad SMARTS) is 1. The number of rotatable bonds is 3. The number of fused-ring (bicyclic) bond motifs is 1. The van der Waals surface area contributed by atoms with Crippen molar-refractivity contribution in [2.45, 2.75) is 19.9 Å². The highest BCUT2D eigenvalue weighted by Gasteiger charge is 2.15. The SMILES string of the molecule is Cc1nc2c(NC(C)C(=O)O)ncnc2o1. The average molecular weight is 222 g/mol. The van der Waals surface area contributed by atoms with E-state index in [1.54, 1.807) is 6.92 Å². The van der Waals surface area contributed by atoms with Crippen LogP contribution in [0.1, 0.15) is 12.8 Å². The Morgan fingerprint density at radius 3 is 3.00 bits per heavy atom. The van der Waals surface area contributed by atoms with Gasteiger partial charge in [0.15, 0.2) is 17.2 Å². The van der Waals surface area contributed by atoms with E-state index in [-0.39, 0.29) is 0 Å². The van der Waals surface area contributed by atoms with E-state index in [1.165, 1.54) is 13.3 Å². The number of aryl methyl sites for hydroxylation is 1. The lowest BCUT2D eigenvalue weighted by atomic mass is 10.3. The summed E-state index contributed by atoms with van der Waals surface area (Å²) in [4.78, 5) is 22.6. The lowest BCUT2D eigenvalue weighted by Gasteiger charge is -2.08. The first-order valence-electron chi connectivity index (χ1n) is 4.65. The molecule has 2 rings (SSSR count). The van der Waals surface area contributed by atoms with Crippen LogP contribution in [-0.2, 0) is 4.79 Å². The van der Waals surface area contributed by atoms with Crippen LogP contribution >= 0.6 is 0 Å². The highest BCUT2D eigenvalue weighted by atomic mass is 16.4. The topological polar surface area (TPSA) is 101 Å². The number of hydrogen-bond acceptors (Lipinski definition) is 6. The zero-order valence-electron chi connectivity index (χ0n) is 8.76. The molecule has 2 aromatic rings. The van der Waals surface area contributed by atoms with Crippen LogP contribution in [0.5, 0.6) is 0 Å². The second-order valence-corrected chi connectivity index (χ2v) is 3.31. The highest BCUT2D eigenvalue weighted by Crippen LogP contribution is 2.19. The fourth-order valence-corrected chi connectivity index (χ4v) is 1.23. The molecule has 0 radical (unpaired) electrons. The molecule has 0 aliphatic rings. The molecular formula is C9H10N4O3. The average Bonchev–Trinajstić information content (AvgIpc) is 2.59. The molecule has 7 heteroatoms. The van der Waals surface area contributed by atoms with Crippen LogP contribution in [0.15, 0.2) is 10.7 Å². The van der Waals surface area contributed by atoms with E-state index in [0.29, 0.717) is 22.9 Å². The molecule has 7 nitrogen and oxygen atoms in total. The monoisotopic (exact) mass is 222 g/mol. The molecule has 0 saturated heterocycles. The Morgan fingerprint density at radius 1 is 1.56 bits per heavy atom. The minimum Gasteiger partial charge on any atom is -0.480 e. The zero-order valence-corrected chi connectivity index (χ0v) is 8.76. The first kappa shape index (κ1) is 10.3. The van der Waals surface area contributed by atoms with Gasteiger partial charge in [-0.15, -0.1) is 0 Å². The summed E-state index contributed by atoms with van der Waals surface area (Å²) in [6.45, 7) is 3.20. The van der Waals surface area contributed by atoms with Gasteiger partial charge in [0.2, 0.25) is 0 Å². The molecule has 16 heavy (non-hydrogen) atoms. The Labute approximate surface area is 90.5 Å². The van der Waals surface area contributed by atoms with Crippen LogP contribution in [0.3, 0.4) is 0 Å². The third-order valence-electron chi connectivity index (χ3n) is 2.03. The van der Waals surface area contributed by atoms with Crippen molar-refractivity contribution < 1.29 is 14.3 Å². The van der Waals surface area contributed by atoms with Gasteiger partial charge in [-0.05, 0) is 6.92 Å². The second-order valence-electron chi connectivity index (χ2n) is 3.31. The van der Waals surface area contributed by atoms with Crippen molar-refractivity contribution in [3.05, 3.63) is 12.2 Å². The molecule has 0 saturated carbocycles. The fourth-order valence-electron chi connectivity index (χ4n) is 1.23. The van der Waals surface area contributed by atoms with Gasteiger partial charge in [0.05, 0.1) is 0 Å². The van der Waals surface area contributed by atoms with Gasteiger partial charge in [-0.3, -0.25) is 4.79 Å². The number of aromatic nitrogens is 3. The van der Waals surface area contributed by atoms with Crippen LogP contribution in [-0.4, -0.2) is 32.1 Å². The van der Waals surface area contributed by atoms with Crippen molar-refractivity contribution >= 4 is 23.0 Å². The summed E-state index contributed by atoms with van der Waals surface area (Å²) in [5, 5.41) is 11.5. The Kier molecular flexibility index (Phi) is 2.43. The van der Waals surface area contributed by atoms with Gasteiger partial charge in [-0.2, -0.15) is 4.98 Å². The standard InChI is InChI=1S/C9H10N4O3/c1-4(9(14)15)12-7-6-8(11-3-10-7)16-5(2)13-6/h3-4H,1-2H3,(H,14,15)(H,10,11,12). The van der Waals surface area contributed by atoms with E-state index in [2.05, 4.69) is 20.3 Å². The Bertz CT molecular complexity index is 537.